The maximum absolute atomic E-state index is 12.3. The lowest BCUT2D eigenvalue weighted by molar-refractivity contribution is -0.115. The molecule has 4 nitrogen and oxygen atoms in total. The molecule has 0 radical (unpaired) electrons. The Labute approximate surface area is 121 Å². The summed E-state index contributed by atoms with van der Waals surface area (Å²) in [7, 11) is 0. The molecule has 1 aliphatic rings. The Morgan fingerprint density at radius 3 is 2.65 bits per heavy atom. The molecule has 5 heteroatoms. The fraction of sp³-hybridized carbons (Fsp3) is 0.0667. The summed E-state index contributed by atoms with van der Waals surface area (Å²) in [5, 5.41) is 3.29. The van der Waals surface area contributed by atoms with Gasteiger partial charge in [0.05, 0.1) is 22.6 Å². The van der Waals surface area contributed by atoms with Crippen LogP contribution in [0.25, 0.3) is 0 Å². The van der Waals surface area contributed by atoms with Crippen molar-refractivity contribution in [3.05, 3.63) is 53.1 Å². The highest BCUT2D eigenvalue weighted by atomic mass is 35.5. The number of nitrogens with zero attached hydrogens (tertiary/aromatic N) is 1. The van der Waals surface area contributed by atoms with E-state index >= 15 is 0 Å². The normalized spacial score (nSPS) is 13.1. The Hall–Kier alpha value is -2.33. The third kappa shape index (κ3) is 1.94. The molecule has 2 amide bonds. The average Bonchev–Trinajstić information content (AvgIpc) is 2.53. The predicted octanol–water partition coefficient (Wildman–Crippen LogP) is 3.59. The minimum absolute atomic E-state index is 0.169. The van der Waals surface area contributed by atoms with Crippen LogP contribution in [0.2, 0.25) is 5.02 Å². The van der Waals surface area contributed by atoms with Gasteiger partial charge in [-0.1, -0.05) is 23.7 Å². The number of carbonyl (C=O) groups is 2. The Balaban J connectivity index is 2.31. The zero-order valence-electron chi connectivity index (χ0n) is 10.7. The molecule has 2 aromatic carbocycles. The minimum atomic E-state index is -0.257. The van der Waals surface area contributed by atoms with E-state index in [-0.39, 0.29) is 11.8 Å². The van der Waals surface area contributed by atoms with Crippen molar-refractivity contribution in [3.8, 4) is 0 Å². The lowest BCUT2D eigenvalue weighted by Gasteiger charge is -2.22. The van der Waals surface area contributed by atoms with Gasteiger partial charge in [-0.05, 0) is 30.3 Å². The molecule has 1 heterocycles. The number of fused-ring (bicyclic) bond motifs is 2. The van der Waals surface area contributed by atoms with E-state index in [0.717, 1.165) is 0 Å². The van der Waals surface area contributed by atoms with Crippen LogP contribution in [0, 0.1) is 0 Å². The van der Waals surface area contributed by atoms with E-state index in [1.807, 2.05) is 0 Å². The number of benzene rings is 2. The van der Waals surface area contributed by atoms with Crippen molar-refractivity contribution in [2.24, 2.45) is 0 Å². The molecule has 0 fully saturated rings. The van der Waals surface area contributed by atoms with Gasteiger partial charge in [-0.15, -0.1) is 0 Å². The molecule has 0 unspecified atom stereocenters. The van der Waals surface area contributed by atoms with Gasteiger partial charge in [0, 0.05) is 11.9 Å². The number of carbonyl (C=O) groups excluding carboxylic acids is 2. The third-order valence-corrected chi connectivity index (χ3v) is 3.39. The molecule has 0 saturated carbocycles. The highest BCUT2D eigenvalue weighted by molar-refractivity contribution is 6.31. The van der Waals surface area contributed by atoms with Gasteiger partial charge in [0.1, 0.15) is 0 Å². The van der Waals surface area contributed by atoms with Crippen LogP contribution >= 0.6 is 11.6 Å². The van der Waals surface area contributed by atoms with E-state index in [1.165, 1.54) is 11.8 Å². The van der Waals surface area contributed by atoms with E-state index in [4.69, 9.17) is 11.6 Å². The summed E-state index contributed by atoms with van der Waals surface area (Å²) in [6.07, 6.45) is 0. The first-order valence-corrected chi connectivity index (χ1v) is 6.46. The molecule has 0 spiro atoms. The van der Waals surface area contributed by atoms with E-state index in [2.05, 4.69) is 5.32 Å². The van der Waals surface area contributed by atoms with Gasteiger partial charge in [-0.25, -0.2) is 0 Å². The van der Waals surface area contributed by atoms with Gasteiger partial charge >= 0.3 is 0 Å². The molecule has 3 rings (SSSR count). The summed E-state index contributed by atoms with van der Waals surface area (Å²) in [6.45, 7) is 1.46. The fourth-order valence-electron chi connectivity index (χ4n) is 2.32. The molecule has 0 bridgehead atoms. The maximum Gasteiger partial charge on any atom is 0.257 e. The van der Waals surface area contributed by atoms with E-state index in [9.17, 15) is 9.59 Å². The number of halogens is 1. The van der Waals surface area contributed by atoms with Crippen LogP contribution in [0.15, 0.2) is 42.5 Å². The quantitative estimate of drug-likeness (QED) is 0.804. The third-order valence-electron chi connectivity index (χ3n) is 3.15. The first-order valence-electron chi connectivity index (χ1n) is 6.08. The largest absolute Gasteiger partial charge is 0.320 e. The van der Waals surface area contributed by atoms with E-state index < -0.39 is 0 Å². The maximum atomic E-state index is 12.3. The first-order chi connectivity index (χ1) is 9.58. The zero-order valence-corrected chi connectivity index (χ0v) is 11.4. The highest BCUT2D eigenvalue weighted by Crippen LogP contribution is 2.38. The summed E-state index contributed by atoms with van der Waals surface area (Å²) in [5.41, 5.74) is 2.16. The Bertz CT molecular complexity index is 728. The van der Waals surface area contributed by atoms with Gasteiger partial charge < -0.3 is 5.32 Å². The van der Waals surface area contributed by atoms with Gasteiger partial charge in [0.15, 0.2) is 0 Å². The van der Waals surface area contributed by atoms with Crippen molar-refractivity contribution in [2.75, 3.05) is 10.2 Å². The molecule has 2 aromatic rings. The summed E-state index contributed by atoms with van der Waals surface area (Å²) < 4.78 is 0. The standard InChI is InChI=1S/C15H11ClN2O2/c1-9(19)18-13-5-3-2-4-11(13)15(20)17-12-8-10(16)6-7-14(12)18/h2-8H,1H3,(H,17,20). The number of para-hydroxylation sites is 1. The molecule has 1 aliphatic heterocycles. The summed E-state index contributed by atoms with van der Waals surface area (Å²) in [4.78, 5) is 25.8. The van der Waals surface area contributed by atoms with Gasteiger partial charge in [0.2, 0.25) is 5.91 Å². The molecule has 20 heavy (non-hydrogen) atoms. The Morgan fingerprint density at radius 1 is 1.15 bits per heavy atom. The fourth-order valence-corrected chi connectivity index (χ4v) is 2.49. The van der Waals surface area contributed by atoms with Crippen LogP contribution in [-0.4, -0.2) is 11.8 Å². The number of hydrogen-bond donors (Lipinski definition) is 1. The van der Waals surface area contributed by atoms with Crippen molar-refractivity contribution in [2.45, 2.75) is 6.92 Å². The van der Waals surface area contributed by atoms with Gasteiger partial charge in [0.25, 0.3) is 5.91 Å². The predicted molar refractivity (Wildman–Crippen MR) is 78.7 cm³/mol. The van der Waals surface area contributed by atoms with E-state index in [1.54, 1.807) is 42.5 Å². The summed E-state index contributed by atoms with van der Waals surface area (Å²) in [6, 6.07) is 12.0. The second-order valence-corrected chi connectivity index (χ2v) is 4.92. The molecule has 0 aliphatic carbocycles. The number of hydrogen-bond acceptors (Lipinski definition) is 2. The Kier molecular flexibility index (Phi) is 2.95. The molecule has 0 saturated heterocycles. The minimum Gasteiger partial charge on any atom is -0.320 e. The van der Waals surface area contributed by atoms with Crippen molar-refractivity contribution in [3.63, 3.8) is 0 Å². The van der Waals surface area contributed by atoms with Crippen LogP contribution in [0.5, 0.6) is 0 Å². The van der Waals surface area contributed by atoms with Gasteiger partial charge in [-0.3, -0.25) is 14.5 Å². The zero-order chi connectivity index (χ0) is 14.3. The first kappa shape index (κ1) is 12.7. The van der Waals surface area contributed by atoms with Crippen molar-refractivity contribution in [1.82, 2.24) is 0 Å². The second-order valence-electron chi connectivity index (χ2n) is 4.49. The molecular weight excluding hydrogens is 276 g/mol. The molecule has 100 valence electrons. The van der Waals surface area contributed by atoms with Crippen molar-refractivity contribution in [1.29, 1.82) is 0 Å². The highest BCUT2D eigenvalue weighted by Gasteiger charge is 2.27. The van der Waals surface area contributed by atoms with Crippen LogP contribution in [0.1, 0.15) is 17.3 Å². The number of amides is 2. The van der Waals surface area contributed by atoms with Crippen molar-refractivity contribution < 1.29 is 9.59 Å². The molecule has 0 aromatic heterocycles. The van der Waals surface area contributed by atoms with Crippen LogP contribution in [0.4, 0.5) is 17.1 Å². The molecule has 1 N–H and O–H groups in total. The van der Waals surface area contributed by atoms with E-state index in [0.29, 0.717) is 27.6 Å². The topological polar surface area (TPSA) is 49.4 Å². The molecule has 0 atom stereocenters. The smallest absolute Gasteiger partial charge is 0.257 e. The van der Waals surface area contributed by atoms with Crippen molar-refractivity contribution >= 4 is 40.5 Å². The average molecular weight is 287 g/mol. The SMILES string of the molecule is CC(=O)N1c2ccc(Cl)cc2NC(=O)c2ccccc21. The summed E-state index contributed by atoms with van der Waals surface area (Å²) >= 11 is 5.96. The lowest BCUT2D eigenvalue weighted by atomic mass is 10.1. The monoisotopic (exact) mass is 286 g/mol. The Morgan fingerprint density at radius 2 is 1.90 bits per heavy atom. The number of rotatable bonds is 0. The number of nitrogens with one attached hydrogen (secondary N) is 1. The van der Waals surface area contributed by atoms with Gasteiger partial charge in [-0.2, -0.15) is 0 Å². The number of anilines is 3. The lowest BCUT2D eigenvalue weighted by Crippen LogP contribution is -2.23. The van der Waals surface area contributed by atoms with Crippen LogP contribution in [0.3, 0.4) is 0 Å². The summed E-state index contributed by atoms with van der Waals surface area (Å²) in [5.74, 6) is -0.426. The van der Waals surface area contributed by atoms with Crippen LogP contribution in [-0.2, 0) is 4.79 Å². The molecular formula is C15H11ClN2O2. The van der Waals surface area contributed by atoms with Crippen LogP contribution < -0.4 is 10.2 Å². The second kappa shape index (κ2) is 4.65.